The van der Waals surface area contributed by atoms with Crippen LogP contribution in [0.25, 0.3) is 0 Å². The van der Waals surface area contributed by atoms with Gasteiger partial charge in [-0.2, -0.15) is 0 Å². The van der Waals surface area contributed by atoms with Crippen LogP contribution in [-0.2, 0) is 26.2 Å². The van der Waals surface area contributed by atoms with Crippen LogP contribution in [0.4, 0.5) is 5.69 Å². The number of hydrogen-bond donors (Lipinski definition) is 1. The molecule has 0 radical (unpaired) electrons. The molecule has 0 bridgehead atoms. The lowest BCUT2D eigenvalue weighted by atomic mass is 10.1. The van der Waals surface area contributed by atoms with Gasteiger partial charge < -0.3 is 10.2 Å². The van der Waals surface area contributed by atoms with E-state index in [-0.39, 0.29) is 39.1 Å². The molecule has 1 N–H and O–H groups in total. The fourth-order valence-corrected chi connectivity index (χ4v) is 5.58. The first-order valence-electron chi connectivity index (χ1n) is 12.5. The smallest absolute Gasteiger partial charge is 0.264 e. The first-order chi connectivity index (χ1) is 18.3. The van der Waals surface area contributed by atoms with Crippen molar-refractivity contribution in [2.75, 3.05) is 10.8 Å². The van der Waals surface area contributed by atoms with Gasteiger partial charge in [0, 0.05) is 12.6 Å². The standard InChI is InChI=1S/C29H33Cl2N3O4S/c1-19(2)32-29(36)22(5)33(17-23-10-6-20(3)7-11-23)28(35)18-34(24-12-15-26(30)27(31)16-24)39(37,38)25-13-8-21(4)9-14-25/h6-16,19,22H,17-18H2,1-5H3,(H,32,36)/t22-/m0/s1. The van der Waals surface area contributed by atoms with Crippen LogP contribution in [0.5, 0.6) is 0 Å². The van der Waals surface area contributed by atoms with Crippen LogP contribution in [0.3, 0.4) is 0 Å². The average Bonchev–Trinajstić information content (AvgIpc) is 2.88. The molecule has 3 rings (SSSR count). The molecular weight excluding hydrogens is 557 g/mol. The minimum Gasteiger partial charge on any atom is -0.352 e. The summed E-state index contributed by atoms with van der Waals surface area (Å²) in [6, 6.07) is 17.3. The van der Waals surface area contributed by atoms with Crippen molar-refractivity contribution in [3.63, 3.8) is 0 Å². The summed E-state index contributed by atoms with van der Waals surface area (Å²) in [5, 5.41) is 3.23. The number of hydrogen-bond acceptors (Lipinski definition) is 4. The molecule has 0 fully saturated rings. The number of amides is 2. The fourth-order valence-electron chi connectivity index (χ4n) is 3.88. The lowest BCUT2D eigenvalue weighted by Gasteiger charge is -2.32. The SMILES string of the molecule is Cc1ccc(CN(C(=O)CN(c2ccc(Cl)c(Cl)c2)S(=O)(=O)c2ccc(C)cc2)[C@@H](C)C(=O)NC(C)C)cc1. The Bertz CT molecular complexity index is 1430. The summed E-state index contributed by atoms with van der Waals surface area (Å²) < 4.78 is 28.7. The molecule has 0 heterocycles. The van der Waals surface area contributed by atoms with E-state index in [2.05, 4.69) is 5.32 Å². The monoisotopic (exact) mass is 589 g/mol. The summed E-state index contributed by atoms with van der Waals surface area (Å²) in [6.07, 6.45) is 0. The summed E-state index contributed by atoms with van der Waals surface area (Å²) in [5.41, 5.74) is 2.92. The third-order valence-corrected chi connectivity index (χ3v) is 8.68. The number of carbonyl (C=O) groups is 2. The van der Waals surface area contributed by atoms with Crippen molar-refractivity contribution in [3.05, 3.63) is 93.5 Å². The minimum atomic E-state index is -4.19. The zero-order valence-corrected chi connectivity index (χ0v) is 24.9. The van der Waals surface area contributed by atoms with E-state index in [1.807, 2.05) is 52.0 Å². The second-order valence-electron chi connectivity index (χ2n) is 9.77. The van der Waals surface area contributed by atoms with Crippen molar-refractivity contribution < 1.29 is 18.0 Å². The highest BCUT2D eigenvalue weighted by atomic mass is 35.5. The Morgan fingerprint density at radius 2 is 1.41 bits per heavy atom. The summed E-state index contributed by atoms with van der Waals surface area (Å²) >= 11 is 12.3. The first-order valence-corrected chi connectivity index (χ1v) is 14.7. The summed E-state index contributed by atoms with van der Waals surface area (Å²) in [7, 11) is -4.19. The topological polar surface area (TPSA) is 86.8 Å². The Morgan fingerprint density at radius 3 is 1.95 bits per heavy atom. The number of carbonyl (C=O) groups excluding carboxylic acids is 2. The van der Waals surface area contributed by atoms with Gasteiger partial charge in [0.05, 0.1) is 20.6 Å². The molecule has 2 amide bonds. The van der Waals surface area contributed by atoms with E-state index >= 15 is 0 Å². The van der Waals surface area contributed by atoms with Crippen molar-refractivity contribution in [3.8, 4) is 0 Å². The quantitative estimate of drug-likeness (QED) is 0.326. The van der Waals surface area contributed by atoms with Gasteiger partial charge in [-0.25, -0.2) is 8.42 Å². The summed E-state index contributed by atoms with van der Waals surface area (Å²) in [4.78, 5) is 28.3. The van der Waals surface area contributed by atoms with E-state index < -0.39 is 28.5 Å². The molecule has 0 spiro atoms. The Labute approximate surface area is 240 Å². The molecule has 39 heavy (non-hydrogen) atoms. The number of rotatable bonds is 10. The van der Waals surface area contributed by atoms with Crippen LogP contribution < -0.4 is 9.62 Å². The summed E-state index contributed by atoms with van der Waals surface area (Å²) in [5.74, 6) is -0.892. The van der Waals surface area contributed by atoms with Gasteiger partial charge in [-0.05, 0) is 70.5 Å². The van der Waals surface area contributed by atoms with Gasteiger partial charge in [0.1, 0.15) is 12.6 Å². The van der Waals surface area contributed by atoms with Crippen molar-refractivity contribution >= 4 is 50.7 Å². The zero-order chi connectivity index (χ0) is 28.9. The maximum Gasteiger partial charge on any atom is 0.264 e. The predicted octanol–water partition coefficient (Wildman–Crippen LogP) is 5.75. The van der Waals surface area contributed by atoms with Gasteiger partial charge >= 0.3 is 0 Å². The predicted molar refractivity (Wildman–Crippen MR) is 157 cm³/mol. The molecule has 0 aliphatic heterocycles. The molecule has 0 unspecified atom stereocenters. The molecule has 208 valence electrons. The molecule has 0 saturated carbocycles. The Hall–Kier alpha value is -3.07. The Kier molecular flexibility index (Phi) is 10.0. The second kappa shape index (κ2) is 12.9. The van der Waals surface area contributed by atoms with E-state index in [1.54, 1.807) is 19.1 Å². The highest BCUT2D eigenvalue weighted by Gasteiger charge is 2.33. The van der Waals surface area contributed by atoms with Crippen LogP contribution in [-0.4, -0.2) is 43.8 Å². The van der Waals surface area contributed by atoms with Gasteiger partial charge in [-0.3, -0.25) is 13.9 Å². The van der Waals surface area contributed by atoms with Crippen LogP contribution in [0.2, 0.25) is 10.0 Å². The van der Waals surface area contributed by atoms with Crippen LogP contribution in [0.1, 0.15) is 37.5 Å². The van der Waals surface area contributed by atoms with Crippen molar-refractivity contribution in [1.82, 2.24) is 10.2 Å². The first kappa shape index (κ1) is 30.5. The molecule has 3 aromatic carbocycles. The Balaban J connectivity index is 2.05. The van der Waals surface area contributed by atoms with E-state index in [4.69, 9.17) is 23.2 Å². The van der Waals surface area contributed by atoms with Crippen molar-refractivity contribution in [2.24, 2.45) is 0 Å². The molecule has 0 aliphatic rings. The normalized spacial score (nSPS) is 12.2. The number of benzene rings is 3. The van der Waals surface area contributed by atoms with Crippen LogP contribution in [0, 0.1) is 13.8 Å². The van der Waals surface area contributed by atoms with Gasteiger partial charge in [0.2, 0.25) is 11.8 Å². The van der Waals surface area contributed by atoms with Gasteiger partial charge in [0.15, 0.2) is 0 Å². The lowest BCUT2D eigenvalue weighted by Crippen LogP contribution is -2.52. The largest absolute Gasteiger partial charge is 0.352 e. The molecule has 0 aliphatic carbocycles. The average molecular weight is 591 g/mol. The van der Waals surface area contributed by atoms with E-state index in [0.717, 1.165) is 21.0 Å². The fraction of sp³-hybridized carbons (Fsp3) is 0.310. The van der Waals surface area contributed by atoms with Crippen LogP contribution >= 0.6 is 23.2 Å². The zero-order valence-electron chi connectivity index (χ0n) is 22.6. The van der Waals surface area contributed by atoms with Gasteiger partial charge in [0.25, 0.3) is 10.0 Å². The number of nitrogens with zero attached hydrogens (tertiary/aromatic N) is 2. The number of nitrogens with one attached hydrogen (secondary N) is 1. The minimum absolute atomic E-state index is 0.0163. The van der Waals surface area contributed by atoms with Crippen molar-refractivity contribution in [1.29, 1.82) is 0 Å². The summed E-state index contributed by atoms with van der Waals surface area (Å²) in [6.45, 7) is 8.65. The molecule has 3 aromatic rings. The third kappa shape index (κ3) is 7.75. The van der Waals surface area contributed by atoms with Crippen molar-refractivity contribution in [2.45, 2.75) is 58.1 Å². The maximum absolute atomic E-state index is 13.9. The van der Waals surface area contributed by atoms with Gasteiger partial charge in [-0.15, -0.1) is 0 Å². The Morgan fingerprint density at radius 1 is 0.846 bits per heavy atom. The maximum atomic E-state index is 13.9. The molecule has 0 saturated heterocycles. The van der Waals surface area contributed by atoms with E-state index in [1.165, 1.54) is 35.2 Å². The second-order valence-corrected chi connectivity index (χ2v) is 12.4. The van der Waals surface area contributed by atoms with E-state index in [0.29, 0.717) is 0 Å². The van der Waals surface area contributed by atoms with Crippen LogP contribution in [0.15, 0.2) is 71.6 Å². The highest BCUT2D eigenvalue weighted by molar-refractivity contribution is 7.92. The lowest BCUT2D eigenvalue weighted by molar-refractivity contribution is -0.139. The molecule has 10 heteroatoms. The molecule has 7 nitrogen and oxygen atoms in total. The number of aryl methyl sites for hydroxylation is 2. The molecule has 0 aromatic heterocycles. The third-order valence-electron chi connectivity index (χ3n) is 6.15. The van der Waals surface area contributed by atoms with Gasteiger partial charge in [-0.1, -0.05) is 70.7 Å². The molecule has 1 atom stereocenters. The number of anilines is 1. The number of halogens is 2. The highest BCUT2D eigenvalue weighted by Crippen LogP contribution is 2.31. The number of sulfonamides is 1. The molecular formula is C29H33Cl2N3O4S. The van der Waals surface area contributed by atoms with E-state index in [9.17, 15) is 18.0 Å².